The van der Waals surface area contributed by atoms with Gasteiger partial charge in [-0.25, -0.2) is 4.79 Å². The summed E-state index contributed by atoms with van der Waals surface area (Å²) in [7, 11) is 0. The highest BCUT2D eigenvalue weighted by atomic mass is 35.5. The molecule has 0 aliphatic carbocycles. The van der Waals surface area contributed by atoms with Crippen LogP contribution in [0.1, 0.15) is 66.4 Å². The summed E-state index contributed by atoms with van der Waals surface area (Å²) in [6.45, 7) is 2.88. The minimum absolute atomic E-state index is 0.0157. The molecule has 0 amide bonds. The van der Waals surface area contributed by atoms with Gasteiger partial charge in [0, 0.05) is 11.6 Å². The molecular formula is C30H29ClN2O4. The summed E-state index contributed by atoms with van der Waals surface area (Å²) in [5, 5.41) is 10.1. The highest BCUT2D eigenvalue weighted by Crippen LogP contribution is 2.43. The van der Waals surface area contributed by atoms with Crippen LogP contribution in [0.4, 0.5) is 0 Å². The summed E-state index contributed by atoms with van der Waals surface area (Å²) < 4.78 is 17.2. The second-order valence-electron chi connectivity index (χ2n) is 8.83. The van der Waals surface area contributed by atoms with Crippen LogP contribution in [0.5, 0.6) is 17.2 Å². The smallest absolute Gasteiger partial charge is 0.345 e. The standard InChI is InChI=1S/C30H29ClN2O4/c1-2-3-4-5-8-17-35-21-13-11-20(12-14-21)28-24-16-15-22(18-27(24)37-29(33)25(28)19-32)36-30(34)23-9-6-7-10-26(23)31/h6-7,9-16,18,28H,2-5,8,17,33H2,1H3. The molecule has 37 heavy (non-hydrogen) atoms. The normalized spacial score (nSPS) is 14.4. The zero-order valence-corrected chi connectivity index (χ0v) is 21.5. The van der Waals surface area contributed by atoms with Gasteiger partial charge in [0.15, 0.2) is 0 Å². The molecular weight excluding hydrogens is 488 g/mol. The van der Waals surface area contributed by atoms with Crippen molar-refractivity contribution >= 4 is 17.6 Å². The monoisotopic (exact) mass is 516 g/mol. The average molecular weight is 517 g/mol. The molecule has 7 heteroatoms. The number of halogens is 1. The van der Waals surface area contributed by atoms with Crippen molar-refractivity contribution in [1.29, 1.82) is 5.26 Å². The molecule has 0 fully saturated rings. The van der Waals surface area contributed by atoms with E-state index in [2.05, 4.69) is 13.0 Å². The number of nitrogens with zero attached hydrogens (tertiary/aromatic N) is 1. The van der Waals surface area contributed by atoms with Gasteiger partial charge in [0.2, 0.25) is 5.88 Å². The van der Waals surface area contributed by atoms with Crippen molar-refractivity contribution in [1.82, 2.24) is 0 Å². The van der Waals surface area contributed by atoms with E-state index in [9.17, 15) is 10.1 Å². The molecule has 2 N–H and O–H groups in total. The third-order valence-corrected chi connectivity index (χ3v) is 6.55. The number of nitrogens with two attached hydrogens (primary N) is 1. The number of nitriles is 1. The van der Waals surface area contributed by atoms with Gasteiger partial charge in [0.05, 0.1) is 23.1 Å². The summed E-state index contributed by atoms with van der Waals surface area (Å²) in [6, 6.07) is 21.6. The molecule has 0 aromatic heterocycles. The Labute approximate surface area is 222 Å². The zero-order chi connectivity index (χ0) is 26.2. The van der Waals surface area contributed by atoms with Crippen LogP contribution in [0.15, 0.2) is 78.2 Å². The van der Waals surface area contributed by atoms with Gasteiger partial charge in [-0.15, -0.1) is 0 Å². The predicted octanol–water partition coefficient (Wildman–Crippen LogP) is 7.13. The van der Waals surface area contributed by atoms with Crippen molar-refractivity contribution in [3.8, 4) is 23.3 Å². The molecule has 1 aliphatic heterocycles. The molecule has 3 aromatic rings. The number of fused-ring (bicyclic) bond motifs is 1. The number of allylic oxidation sites excluding steroid dienone is 1. The summed E-state index contributed by atoms with van der Waals surface area (Å²) in [4.78, 5) is 12.6. The second kappa shape index (κ2) is 12.3. The summed E-state index contributed by atoms with van der Waals surface area (Å²) >= 11 is 6.12. The molecule has 3 aromatic carbocycles. The SMILES string of the molecule is CCCCCCCOc1ccc(C2C(C#N)=C(N)Oc3cc(OC(=O)c4ccccc4Cl)ccc32)cc1. The van der Waals surface area contributed by atoms with Crippen LogP contribution < -0.4 is 19.9 Å². The number of unbranched alkanes of at least 4 members (excludes halogenated alkanes) is 4. The summed E-state index contributed by atoms with van der Waals surface area (Å²) in [6.07, 6.45) is 5.89. The molecule has 6 nitrogen and oxygen atoms in total. The lowest BCUT2D eigenvalue weighted by molar-refractivity contribution is 0.0734. The molecule has 0 radical (unpaired) electrons. The van der Waals surface area contributed by atoms with Crippen molar-refractivity contribution in [3.63, 3.8) is 0 Å². The highest BCUT2D eigenvalue weighted by Gasteiger charge is 2.31. The molecule has 1 atom stereocenters. The predicted molar refractivity (Wildman–Crippen MR) is 143 cm³/mol. The number of hydrogen-bond acceptors (Lipinski definition) is 6. The van der Waals surface area contributed by atoms with Crippen LogP contribution in [-0.4, -0.2) is 12.6 Å². The van der Waals surface area contributed by atoms with Crippen LogP contribution in [0.3, 0.4) is 0 Å². The summed E-state index contributed by atoms with van der Waals surface area (Å²) in [5.74, 6) is 0.479. The van der Waals surface area contributed by atoms with E-state index in [-0.39, 0.29) is 17.2 Å². The molecule has 0 saturated carbocycles. The first-order valence-electron chi connectivity index (χ1n) is 12.4. The average Bonchev–Trinajstić information content (AvgIpc) is 2.90. The van der Waals surface area contributed by atoms with Crippen LogP contribution in [0, 0.1) is 11.3 Å². The number of esters is 1. The fourth-order valence-electron chi connectivity index (χ4n) is 4.28. The summed E-state index contributed by atoms with van der Waals surface area (Å²) in [5.41, 5.74) is 8.32. The van der Waals surface area contributed by atoms with E-state index in [1.165, 1.54) is 19.3 Å². The number of rotatable bonds is 10. The number of carbonyl (C=O) groups excluding carboxylic acids is 1. The maximum Gasteiger partial charge on any atom is 0.345 e. The zero-order valence-electron chi connectivity index (χ0n) is 20.7. The first-order valence-corrected chi connectivity index (χ1v) is 12.8. The Morgan fingerprint density at radius 2 is 1.76 bits per heavy atom. The molecule has 190 valence electrons. The quantitative estimate of drug-likeness (QED) is 0.175. The van der Waals surface area contributed by atoms with E-state index in [1.807, 2.05) is 24.3 Å². The Kier molecular flexibility index (Phi) is 8.71. The largest absolute Gasteiger partial charge is 0.494 e. The maximum absolute atomic E-state index is 12.6. The van der Waals surface area contributed by atoms with Crippen molar-refractivity contribution in [2.75, 3.05) is 6.61 Å². The van der Waals surface area contributed by atoms with Crippen molar-refractivity contribution < 1.29 is 19.0 Å². The van der Waals surface area contributed by atoms with Crippen LogP contribution >= 0.6 is 11.6 Å². The number of benzene rings is 3. The number of ether oxygens (including phenoxy) is 3. The van der Waals surface area contributed by atoms with Crippen molar-refractivity contribution in [2.45, 2.75) is 44.9 Å². The van der Waals surface area contributed by atoms with E-state index in [4.69, 9.17) is 31.5 Å². The minimum Gasteiger partial charge on any atom is -0.494 e. The Bertz CT molecular complexity index is 1330. The van der Waals surface area contributed by atoms with Gasteiger partial charge in [0.25, 0.3) is 0 Å². The second-order valence-corrected chi connectivity index (χ2v) is 9.23. The van der Waals surface area contributed by atoms with Gasteiger partial charge >= 0.3 is 5.97 Å². The highest BCUT2D eigenvalue weighted by molar-refractivity contribution is 6.33. The third kappa shape index (κ3) is 6.25. The molecule has 4 rings (SSSR count). The Morgan fingerprint density at radius 3 is 2.49 bits per heavy atom. The fraction of sp³-hybridized carbons (Fsp3) is 0.267. The van der Waals surface area contributed by atoms with E-state index in [0.717, 1.165) is 29.7 Å². The maximum atomic E-state index is 12.6. The topological polar surface area (TPSA) is 94.6 Å². The van der Waals surface area contributed by atoms with Gasteiger partial charge in [-0.2, -0.15) is 5.26 Å². The van der Waals surface area contributed by atoms with E-state index < -0.39 is 11.9 Å². The lowest BCUT2D eigenvalue weighted by atomic mass is 9.83. The van der Waals surface area contributed by atoms with E-state index in [1.54, 1.807) is 42.5 Å². The van der Waals surface area contributed by atoms with Gasteiger partial charge < -0.3 is 19.9 Å². The van der Waals surface area contributed by atoms with E-state index in [0.29, 0.717) is 23.0 Å². The van der Waals surface area contributed by atoms with Crippen LogP contribution in [-0.2, 0) is 0 Å². The molecule has 0 saturated heterocycles. The third-order valence-electron chi connectivity index (χ3n) is 6.22. The number of hydrogen-bond donors (Lipinski definition) is 1. The van der Waals surface area contributed by atoms with Crippen LogP contribution in [0.2, 0.25) is 5.02 Å². The van der Waals surface area contributed by atoms with Gasteiger partial charge in [0.1, 0.15) is 28.9 Å². The first-order chi connectivity index (χ1) is 18.0. The number of carbonyl (C=O) groups is 1. The Hall–Kier alpha value is -3.95. The van der Waals surface area contributed by atoms with Crippen molar-refractivity contribution in [3.05, 3.63) is 99.9 Å². The Morgan fingerprint density at radius 1 is 1.03 bits per heavy atom. The lowest BCUT2D eigenvalue weighted by Gasteiger charge is -2.26. The molecule has 0 spiro atoms. The molecule has 1 heterocycles. The first kappa shape index (κ1) is 26.1. The molecule has 1 unspecified atom stereocenters. The minimum atomic E-state index is -0.583. The Balaban J connectivity index is 1.52. The fourth-order valence-corrected chi connectivity index (χ4v) is 4.50. The molecule has 1 aliphatic rings. The van der Waals surface area contributed by atoms with Gasteiger partial charge in [-0.05, 0) is 42.3 Å². The van der Waals surface area contributed by atoms with Gasteiger partial charge in [-0.3, -0.25) is 0 Å². The lowest BCUT2D eigenvalue weighted by Crippen LogP contribution is -2.21. The van der Waals surface area contributed by atoms with Crippen molar-refractivity contribution in [2.24, 2.45) is 5.73 Å². The van der Waals surface area contributed by atoms with Gasteiger partial charge in [-0.1, -0.05) is 74.5 Å². The van der Waals surface area contributed by atoms with Crippen LogP contribution in [0.25, 0.3) is 0 Å². The van der Waals surface area contributed by atoms with E-state index >= 15 is 0 Å². The molecule has 0 bridgehead atoms.